The second kappa shape index (κ2) is 8.31. The first-order valence-electron chi connectivity index (χ1n) is 10.4. The number of carbonyl (C=O) groups excluding carboxylic acids is 1. The van der Waals surface area contributed by atoms with Gasteiger partial charge in [0, 0.05) is 10.5 Å². The molecule has 0 unspecified atom stereocenters. The Morgan fingerprint density at radius 1 is 0.935 bits per heavy atom. The van der Waals surface area contributed by atoms with Gasteiger partial charge in [0.05, 0.1) is 12.6 Å². The van der Waals surface area contributed by atoms with Crippen molar-refractivity contribution in [2.75, 3.05) is 0 Å². The van der Waals surface area contributed by atoms with Gasteiger partial charge in [0.1, 0.15) is 11.9 Å². The first-order valence-corrected chi connectivity index (χ1v) is 10.8. The fourth-order valence-corrected chi connectivity index (χ4v) is 4.58. The van der Waals surface area contributed by atoms with Crippen molar-refractivity contribution < 1.29 is 14.6 Å². The smallest absolute Gasteiger partial charge is 0.411 e. The van der Waals surface area contributed by atoms with Crippen LogP contribution in [-0.2, 0) is 11.3 Å². The van der Waals surface area contributed by atoms with Crippen molar-refractivity contribution in [3.63, 3.8) is 0 Å². The van der Waals surface area contributed by atoms with Crippen molar-refractivity contribution in [2.45, 2.75) is 51.3 Å². The molecule has 1 N–H and O–H groups in total. The van der Waals surface area contributed by atoms with Crippen LogP contribution in [0.1, 0.15) is 40.8 Å². The quantitative estimate of drug-likeness (QED) is 0.471. The summed E-state index contributed by atoms with van der Waals surface area (Å²) >= 11 is 4.42. The SMILES string of the molecule is Cc1cc(C)cc([C@H]2OC(=O)N(Cc3cc(C)ccc3-c3cc(S)ccc3O)[C@H]2C)c1. The minimum atomic E-state index is -0.323. The molecule has 0 radical (unpaired) electrons. The topological polar surface area (TPSA) is 49.8 Å². The van der Waals surface area contributed by atoms with Gasteiger partial charge in [0.25, 0.3) is 0 Å². The van der Waals surface area contributed by atoms with Gasteiger partial charge in [-0.05, 0) is 62.6 Å². The number of thiol groups is 1. The zero-order valence-electron chi connectivity index (χ0n) is 18.2. The van der Waals surface area contributed by atoms with Gasteiger partial charge in [-0.25, -0.2) is 4.79 Å². The molecule has 1 fully saturated rings. The van der Waals surface area contributed by atoms with Gasteiger partial charge < -0.3 is 9.84 Å². The minimum Gasteiger partial charge on any atom is -0.507 e. The summed E-state index contributed by atoms with van der Waals surface area (Å²) < 4.78 is 5.80. The predicted molar refractivity (Wildman–Crippen MR) is 126 cm³/mol. The first kappa shape index (κ1) is 21.3. The molecule has 4 rings (SSSR count). The summed E-state index contributed by atoms with van der Waals surface area (Å²) in [5.41, 5.74) is 6.96. The standard InChI is InChI=1S/C26H27NO3S/c1-15-5-7-22(23-13-21(31)6-8-24(23)28)20(10-15)14-27-18(4)25(30-26(27)29)19-11-16(2)9-17(3)12-19/h5-13,18,25,28,31H,14H2,1-4H3/t18-,25-/m0/s1. The maximum atomic E-state index is 12.8. The Morgan fingerprint density at radius 3 is 2.35 bits per heavy atom. The Morgan fingerprint density at radius 2 is 1.65 bits per heavy atom. The molecule has 1 aliphatic heterocycles. The third-order valence-corrected chi connectivity index (χ3v) is 6.11. The van der Waals surface area contributed by atoms with Gasteiger partial charge in [0.15, 0.2) is 0 Å². The molecule has 1 saturated heterocycles. The van der Waals surface area contributed by atoms with E-state index in [9.17, 15) is 9.90 Å². The number of benzene rings is 3. The van der Waals surface area contributed by atoms with Gasteiger partial charge in [-0.15, -0.1) is 12.6 Å². The van der Waals surface area contributed by atoms with Crippen LogP contribution in [0.2, 0.25) is 0 Å². The van der Waals surface area contributed by atoms with E-state index >= 15 is 0 Å². The van der Waals surface area contributed by atoms with Crippen LogP contribution in [0.3, 0.4) is 0 Å². The van der Waals surface area contributed by atoms with Gasteiger partial charge in [-0.2, -0.15) is 0 Å². The molecule has 3 aromatic carbocycles. The molecule has 1 amide bonds. The summed E-state index contributed by atoms with van der Waals surface area (Å²) in [4.78, 5) is 15.4. The zero-order valence-corrected chi connectivity index (χ0v) is 19.1. The molecule has 0 spiro atoms. The van der Waals surface area contributed by atoms with Crippen LogP contribution in [-0.4, -0.2) is 22.1 Å². The Labute approximate surface area is 188 Å². The van der Waals surface area contributed by atoms with E-state index in [1.54, 1.807) is 17.0 Å². The van der Waals surface area contributed by atoms with Gasteiger partial charge >= 0.3 is 6.09 Å². The van der Waals surface area contributed by atoms with Crippen LogP contribution in [0.5, 0.6) is 5.75 Å². The third kappa shape index (κ3) is 4.28. The number of aryl methyl sites for hydroxylation is 3. The van der Waals surface area contributed by atoms with E-state index in [-0.39, 0.29) is 24.0 Å². The summed E-state index contributed by atoms with van der Waals surface area (Å²) in [6, 6.07) is 17.5. The molecule has 0 saturated carbocycles. The molecule has 31 heavy (non-hydrogen) atoms. The lowest BCUT2D eigenvalue weighted by Gasteiger charge is -2.23. The molecule has 0 bridgehead atoms. The summed E-state index contributed by atoms with van der Waals surface area (Å²) in [5.74, 6) is 0.188. The van der Waals surface area contributed by atoms with Gasteiger partial charge in [-0.3, -0.25) is 4.90 Å². The van der Waals surface area contributed by atoms with E-state index in [0.29, 0.717) is 12.1 Å². The highest BCUT2D eigenvalue weighted by atomic mass is 32.1. The minimum absolute atomic E-state index is 0.119. The number of aromatic hydroxyl groups is 1. The number of carbonyl (C=O) groups is 1. The van der Waals surface area contributed by atoms with Crippen LogP contribution < -0.4 is 0 Å². The predicted octanol–water partition coefficient (Wildman–Crippen LogP) is 6.36. The molecular weight excluding hydrogens is 406 g/mol. The van der Waals surface area contributed by atoms with Crippen LogP contribution in [0.4, 0.5) is 4.79 Å². The third-order valence-electron chi connectivity index (χ3n) is 5.84. The highest BCUT2D eigenvalue weighted by Crippen LogP contribution is 2.38. The normalized spacial score (nSPS) is 18.4. The highest BCUT2D eigenvalue weighted by molar-refractivity contribution is 7.80. The molecule has 0 aliphatic carbocycles. The number of phenols is 1. The van der Waals surface area contributed by atoms with Gasteiger partial charge in [-0.1, -0.05) is 53.1 Å². The van der Waals surface area contributed by atoms with E-state index in [2.05, 4.69) is 50.7 Å². The summed E-state index contributed by atoms with van der Waals surface area (Å²) in [5, 5.41) is 10.5. The summed E-state index contributed by atoms with van der Waals surface area (Å²) in [6.07, 6.45) is -0.634. The molecule has 4 nitrogen and oxygen atoms in total. The number of hydrogen-bond donors (Lipinski definition) is 2. The molecule has 1 heterocycles. The van der Waals surface area contributed by atoms with E-state index in [1.165, 1.54) is 0 Å². The molecule has 0 aromatic heterocycles. The number of nitrogens with zero attached hydrogens (tertiary/aromatic N) is 1. The second-order valence-electron chi connectivity index (χ2n) is 8.46. The Balaban J connectivity index is 1.69. The molecular formula is C26H27NO3S. The lowest BCUT2D eigenvalue weighted by Crippen LogP contribution is -2.31. The van der Waals surface area contributed by atoms with Crippen molar-refractivity contribution in [3.05, 3.63) is 82.4 Å². The number of phenolic OH excluding ortho intramolecular Hbond substituents is 1. The molecule has 5 heteroatoms. The molecule has 160 valence electrons. The largest absolute Gasteiger partial charge is 0.507 e. The number of ether oxygens (including phenoxy) is 1. The molecule has 3 aromatic rings. The van der Waals surface area contributed by atoms with Crippen LogP contribution in [0, 0.1) is 20.8 Å². The molecule has 2 atom stereocenters. The summed E-state index contributed by atoms with van der Waals surface area (Å²) in [7, 11) is 0. The lowest BCUT2D eigenvalue weighted by atomic mass is 9.95. The Bertz CT molecular complexity index is 1140. The monoisotopic (exact) mass is 433 g/mol. The van der Waals surface area contributed by atoms with Crippen molar-refractivity contribution in [1.82, 2.24) is 4.90 Å². The average molecular weight is 434 g/mol. The van der Waals surface area contributed by atoms with E-state index < -0.39 is 0 Å². The van der Waals surface area contributed by atoms with Crippen molar-refractivity contribution in [2.24, 2.45) is 0 Å². The number of hydrogen-bond acceptors (Lipinski definition) is 4. The summed E-state index contributed by atoms with van der Waals surface area (Å²) in [6.45, 7) is 8.54. The Kier molecular flexibility index (Phi) is 5.71. The van der Waals surface area contributed by atoms with E-state index in [4.69, 9.17) is 4.74 Å². The highest BCUT2D eigenvalue weighted by Gasteiger charge is 2.40. The van der Waals surface area contributed by atoms with Crippen molar-refractivity contribution in [1.29, 1.82) is 0 Å². The maximum absolute atomic E-state index is 12.8. The average Bonchev–Trinajstić information content (AvgIpc) is 2.98. The van der Waals surface area contributed by atoms with Crippen molar-refractivity contribution in [3.8, 4) is 16.9 Å². The molecule has 1 aliphatic rings. The van der Waals surface area contributed by atoms with Crippen molar-refractivity contribution >= 4 is 18.7 Å². The van der Waals surface area contributed by atoms with Crippen LogP contribution in [0.25, 0.3) is 11.1 Å². The maximum Gasteiger partial charge on any atom is 0.411 e. The Hall–Kier alpha value is -2.92. The fourth-order valence-electron chi connectivity index (χ4n) is 4.37. The number of cyclic esters (lactones) is 1. The van der Waals surface area contributed by atoms with E-state index in [1.807, 2.05) is 32.0 Å². The van der Waals surface area contributed by atoms with Gasteiger partial charge in [0.2, 0.25) is 0 Å². The fraction of sp³-hybridized carbons (Fsp3) is 0.269. The zero-order chi connectivity index (χ0) is 22.3. The van der Waals surface area contributed by atoms with E-state index in [0.717, 1.165) is 38.3 Å². The number of amides is 1. The first-order chi connectivity index (χ1) is 14.7. The second-order valence-corrected chi connectivity index (χ2v) is 8.97. The van der Waals surface area contributed by atoms with Crippen LogP contribution in [0.15, 0.2) is 59.5 Å². The number of rotatable bonds is 4. The lowest BCUT2D eigenvalue weighted by molar-refractivity contribution is 0.130. The van der Waals surface area contributed by atoms with Crippen LogP contribution >= 0.6 is 12.6 Å².